The molecule has 1 atom stereocenters. The fourth-order valence-corrected chi connectivity index (χ4v) is 3.40. The fourth-order valence-electron chi connectivity index (χ4n) is 3.40. The van der Waals surface area contributed by atoms with E-state index in [1.165, 1.54) is 12.5 Å². The minimum atomic E-state index is -0.124. The Morgan fingerprint density at radius 1 is 1.21 bits per heavy atom. The van der Waals surface area contributed by atoms with Crippen LogP contribution in [0.2, 0.25) is 0 Å². The van der Waals surface area contributed by atoms with Gasteiger partial charge in [-0.25, -0.2) is 9.67 Å². The van der Waals surface area contributed by atoms with Gasteiger partial charge >= 0.3 is 0 Å². The number of fused-ring (bicyclic) bond motifs is 1. The Kier molecular flexibility index (Phi) is 5.53. The largest absolute Gasteiger partial charge is 0.442 e. The van der Waals surface area contributed by atoms with E-state index in [0.717, 1.165) is 48.0 Å². The van der Waals surface area contributed by atoms with E-state index in [1.54, 1.807) is 4.68 Å². The van der Waals surface area contributed by atoms with Crippen LogP contribution < -0.4 is 5.73 Å². The van der Waals surface area contributed by atoms with Gasteiger partial charge in [0.05, 0.1) is 23.1 Å². The number of carbonyl (C=O) groups is 1. The quantitative estimate of drug-likeness (QED) is 0.345. The molecule has 0 spiro atoms. The molecule has 0 radical (unpaired) electrons. The second-order valence-electron chi connectivity index (χ2n) is 7.20. The Hall–Kier alpha value is -3.26. The summed E-state index contributed by atoms with van der Waals surface area (Å²) in [6.45, 7) is 0. The smallest absolute Gasteiger partial charge is 0.263 e. The topological polar surface area (TPSA) is 105 Å². The number of hydrogen-bond donors (Lipinski definition) is 1. The second-order valence-corrected chi connectivity index (χ2v) is 7.20. The number of oxazole rings is 1. The molecule has 3 aromatic heterocycles. The zero-order valence-electron chi connectivity index (χ0n) is 16.4. The fraction of sp³-hybridized carbons (Fsp3) is 0.333. The lowest BCUT2D eigenvalue weighted by Crippen LogP contribution is -2.11. The van der Waals surface area contributed by atoms with Crippen molar-refractivity contribution in [2.45, 2.75) is 38.1 Å². The normalized spacial score (nSPS) is 12.5. The summed E-state index contributed by atoms with van der Waals surface area (Å²) in [6, 6.07) is 7.90. The predicted octanol–water partition coefficient (Wildman–Crippen LogP) is 3.58. The maximum Gasteiger partial charge on any atom is 0.263 e. The van der Waals surface area contributed by atoms with E-state index < -0.39 is 0 Å². The molecule has 0 aliphatic rings. The summed E-state index contributed by atoms with van der Waals surface area (Å²) < 4.78 is 8.66. The summed E-state index contributed by atoms with van der Waals surface area (Å²) in [5.41, 5.74) is 9.13. The maximum absolute atomic E-state index is 11.8. The SMILES string of the molecule is Cn1cc2cc(-n3ccc([C@H](N)CCCCCC(=O)c4ncco4)n3)ccc2n1. The molecule has 4 aromatic rings. The van der Waals surface area contributed by atoms with E-state index in [0.29, 0.717) is 6.42 Å². The van der Waals surface area contributed by atoms with Crippen LogP contribution in [0.25, 0.3) is 16.6 Å². The summed E-state index contributed by atoms with van der Waals surface area (Å²) in [4.78, 5) is 15.7. The van der Waals surface area contributed by atoms with Crippen LogP contribution in [0.3, 0.4) is 0 Å². The number of aryl methyl sites for hydroxylation is 1. The number of aromatic nitrogens is 5. The van der Waals surface area contributed by atoms with E-state index >= 15 is 0 Å². The standard InChI is InChI=1S/C21H24N6O2/c1-26-14-15-13-16(7-8-18(15)24-26)27-11-9-19(25-27)17(22)5-3-2-4-6-20(28)21-23-10-12-29-21/h7-14,17H,2-6,22H2,1H3/t17-/m1/s1. The third-order valence-electron chi connectivity index (χ3n) is 4.95. The first-order chi connectivity index (χ1) is 14.1. The zero-order valence-corrected chi connectivity index (χ0v) is 16.4. The van der Waals surface area contributed by atoms with E-state index in [9.17, 15) is 4.79 Å². The first-order valence-electron chi connectivity index (χ1n) is 9.78. The van der Waals surface area contributed by atoms with Gasteiger partial charge in [-0.1, -0.05) is 12.8 Å². The molecule has 8 nitrogen and oxygen atoms in total. The van der Waals surface area contributed by atoms with Crippen molar-refractivity contribution < 1.29 is 9.21 Å². The van der Waals surface area contributed by atoms with E-state index in [1.807, 2.05) is 42.3 Å². The molecule has 0 bridgehead atoms. The van der Waals surface area contributed by atoms with Crippen molar-refractivity contribution in [3.05, 3.63) is 60.7 Å². The van der Waals surface area contributed by atoms with Crippen molar-refractivity contribution in [1.82, 2.24) is 24.5 Å². The summed E-state index contributed by atoms with van der Waals surface area (Å²) in [5.74, 6) is 0.139. The van der Waals surface area contributed by atoms with Gasteiger partial charge in [0, 0.05) is 37.3 Å². The summed E-state index contributed by atoms with van der Waals surface area (Å²) in [6.07, 6.45) is 10.8. The summed E-state index contributed by atoms with van der Waals surface area (Å²) in [7, 11) is 1.91. The third-order valence-corrected chi connectivity index (χ3v) is 4.95. The van der Waals surface area contributed by atoms with Crippen molar-refractivity contribution in [3.8, 4) is 5.69 Å². The van der Waals surface area contributed by atoms with Crippen molar-refractivity contribution in [2.24, 2.45) is 12.8 Å². The van der Waals surface area contributed by atoms with Gasteiger partial charge in [0.15, 0.2) is 0 Å². The molecule has 8 heteroatoms. The van der Waals surface area contributed by atoms with Crippen LogP contribution in [0.5, 0.6) is 0 Å². The second kappa shape index (κ2) is 8.40. The Labute approximate surface area is 168 Å². The van der Waals surface area contributed by atoms with Crippen molar-refractivity contribution in [1.29, 1.82) is 0 Å². The van der Waals surface area contributed by atoms with Crippen LogP contribution in [0.15, 0.2) is 53.5 Å². The monoisotopic (exact) mass is 392 g/mol. The van der Waals surface area contributed by atoms with Gasteiger partial charge in [0.1, 0.15) is 6.26 Å². The van der Waals surface area contributed by atoms with E-state index in [4.69, 9.17) is 10.2 Å². The van der Waals surface area contributed by atoms with Crippen LogP contribution in [0.1, 0.15) is 54.5 Å². The first-order valence-corrected chi connectivity index (χ1v) is 9.78. The summed E-state index contributed by atoms with van der Waals surface area (Å²) >= 11 is 0. The molecule has 0 saturated heterocycles. The van der Waals surface area contributed by atoms with Crippen LogP contribution in [0, 0.1) is 0 Å². The van der Waals surface area contributed by atoms with Crippen molar-refractivity contribution in [2.75, 3.05) is 0 Å². The third kappa shape index (κ3) is 4.43. The van der Waals surface area contributed by atoms with Gasteiger partial charge < -0.3 is 10.2 Å². The number of carbonyl (C=O) groups excluding carboxylic acids is 1. The van der Waals surface area contributed by atoms with Gasteiger partial charge in [-0.3, -0.25) is 9.48 Å². The van der Waals surface area contributed by atoms with Crippen molar-refractivity contribution in [3.63, 3.8) is 0 Å². The van der Waals surface area contributed by atoms with Crippen LogP contribution in [-0.4, -0.2) is 30.3 Å². The average molecular weight is 392 g/mol. The first kappa shape index (κ1) is 19.1. The predicted molar refractivity (Wildman–Crippen MR) is 109 cm³/mol. The zero-order chi connectivity index (χ0) is 20.2. The lowest BCUT2D eigenvalue weighted by atomic mass is 10.0. The molecule has 150 valence electrons. The molecule has 4 rings (SSSR count). The molecule has 1 aromatic carbocycles. The molecule has 0 saturated carbocycles. The van der Waals surface area contributed by atoms with Crippen LogP contribution in [-0.2, 0) is 7.05 Å². The molecule has 0 unspecified atom stereocenters. The number of unbranched alkanes of at least 4 members (excludes halogenated alkanes) is 2. The van der Waals surface area contributed by atoms with Gasteiger partial charge in [0.2, 0.25) is 5.78 Å². The van der Waals surface area contributed by atoms with E-state index in [-0.39, 0.29) is 17.7 Å². The Morgan fingerprint density at radius 3 is 2.93 bits per heavy atom. The minimum Gasteiger partial charge on any atom is -0.442 e. The number of rotatable bonds is 9. The molecule has 2 N–H and O–H groups in total. The molecular formula is C21H24N6O2. The Bertz CT molecular complexity index is 1100. The number of hydrogen-bond acceptors (Lipinski definition) is 6. The van der Waals surface area contributed by atoms with Gasteiger partial charge in [-0.05, 0) is 37.1 Å². The molecule has 0 fully saturated rings. The van der Waals surface area contributed by atoms with Gasteiger partial charge in [0.25, 0.3) is 5.89 Å². The molecule has 0 amide bonds. The van der Waals surface area contributed by atoms with Gasteiger partial charge in [-0.2, -0.15) is 10.2 Å². The Morgan fingerprint density at radius 2 is 2.10 bits per heavy atom. The van der Waals surface area contributed by atoms with Crippen LogP contribution in [0.4, 0.5) is 0 Å². The Balaban J connectivity index is 1.27. The lowest BCUT2D eigenvalue weighted by molar-refractivity contribution is 0.0945. The highest BCUT2D eigenvalue weighted by Gasteiger charge is 2.12. The number of nitrogens with zero attached hydrogens (tertiary/aromatic N) is 5. The number of nitrogens with two attached hydrogens (primary N) is 1. The molecule has 0 aliphatic heterocycles. The van der Waals surface area contributed by atoms with Crippen LogP contribution >= 0.6 is 0 Å². The average Bonchev–Trinajstić information content (AvgIpc) is 3.45. The highest BCUT2D eigenvalue weighted by Crippen LogP contribution is 2.20. The summed E-state index contributed by atoms with van der Waals surface area (Å²) in [5, 5.41) is 10.1. The molecular weight excluding hydrogens is 368 g/mol. The number of ketones is 1. The highest BCUT2D eigenvalue weighted by molar-refractivity contribution is 5.91. The molecule has 3 heterocycles. The highest BCUT2D eigenvalue weighted by atomic mass is 16.3. The van der Waals surface area contributed by atoms with E-state index in [2.05, 4.69) is 21.2 Å². The molecule has 0 aliphatic carbocycles. The van der Waals surface area contributed by atoms with Crippen molar-refractivity contribution >= 4 is 16.7 Å². The number of benzene rings is 1. The lowest BCUT2D eigenvalue weighted by Gasteiger charge is -2.08. The molecule has 29 heavy (non-hydrogen) atoms. The minimum absolute atomic E-state index is 0.0522. The van der Waals surface area contributed by atoms with Gasteiger partial charge in [-0.15, -0.1) is 0 Å². The number of Topliss-reactive ketones (excluding diaryl/α,β-unsaturated/α-hetero) is 1. The maximum atomic E-state index is 11.8.